The molecule has 12 heteroatoms. The minimum absolute atomic E-state index is 0.00612. The summed E-state index contributed by atoms with van der Waals surface area (Å²) in [5, 5.41) is 54.4. The van der Waals surface area contributed by atoms with E-state index >= 15 is 0 Å². The SMILES string of the molecule is C=CCO[C@@H]1O[C@H](CO)[C@@H](O)[C@H](O)[C@H]1Nc1ccc([N+](=O)[O-])cc1[N+](=O)[O-]. The van der Waals surface area contributed by atoms with Crippen molar-refractivity contribution in [2.24, 2.45) is 0 Å². The highest BCUT2D eigenvalue weighted by Crippen LogP contribution is 2.32. The Labute approximate surface area is 152 Å². The highest BCUT2D eigenvalue weighted by Gasteiger charge is 2.45. The smallest absolute Gasteiger partial charge is 0.299 e. The maximum absolute atomic E-state index is 11.3. The lowest BCUT2D eigenvalue weighted by atomic mass is 9.96. The molecule has 5 atom stereocenters. The largest absolute Gasteiger partial charge is 0.394 e. The Balaban J connectivity index is 2.35. The van der Waals surface area contributed by atoms with Crippen molar-refractivity contribution in [2.75, 3.05) is 18.5 Å². The van der Waals surface area contributed by atoms with Crippen LogP contribution in [0.4, 0.5) is 17.1 Å². The van der Waals surface area contributed by atoms with Gasteiger partial charge in [0, 0.05) is 6.07 Å². The van der Waals surface area contributed by atoms with Gasteiger partial charge >= 0.3 is 0 Å². The van der Waals surface area contributed by atoms with Gasteiger partial charge in [0.2, 0.25) is 0 Å². The van der Waals surface area contributed by atoms with E-state index < -0.39 is 58.5 Å². The molecule has 1 aromatic rings. The number of ether oxygens (including phenoxy) is 2. The summed E-state index contributed by atoms with van der Waals surface area (Å²) in [6.07, 6.45) is -3.91. The van der Waals surface area contributed by atoms with E-state index in [9.17, 15) is 35.5 Å². The van der Waals surface area contributed by atoms with Gasteiger partial charge in [0.05, 0.1) is 29.1 Å². The lowest BCUT2D eigenvalue weighted by Gasteiger charge is -2.42. The predicted molar refractivity (Wildman–Crippen MR) is 91.1 cm³/mol. The van der Waals surface area contributed by atoms with Gasteiger partial charge in [-0.2, -0.15) is 0 Å². The molecule has 0 aromatic heterocycles. The van der Waals surface area contributed by atoms with Crippen LogP contribution in [0.1, 0.15) is 0 Å². The summed E-state index contributed by atoms with van der Waals surface area (Å²) in [7, 11) is 0. The van der Waals surface area contributed by atoms with Crippen LogP contribution in [0.15, 0.2) is 30.9 Å². The molecule has 1 aliphatic rings. The van der Waals surface area contributed by atoms with E-state index in [1.807, 2.05) is 0 Å². The lowest BCUT2D eigenvalue weighted by Crippen LogP contribution is -2.61. The van der Waals surface area contributed by atoms with E-state index in [1.54, 1.807) is 0 Å². The van der Waals surface area contributed by atoms with Gasteiger partial charge in [0.1, 0.15) is 30.0 Å². The quantitative estimate of drug-likeness (QED) is 0.269. The summed E-state index contributed by atoms with van der Waals surface area (Å²) in [5.41, 5.74) is -1.22. The van der Waals surface area contributed by atoms with Crippen molar-refractivity contribution >= 4 is 17.1 Å². The lowest BCUT2D eigenvalue weighted by molar-refractivity contribution is -0.393. The molecule has 0 radical (unpaired) electrons. The number of anilines is 1. The van der Waals surface area contributed by atoms with Crippen molar-refractivity contribution in [3.8, 4) is 0 Å². The van der Waals surface area contributed by atoms with Crippen molar-refractivity contribution in [1.29, 1.82) is 0 Å². The number of nitro groups is 2. The molecular formula is C15H19N3O9. The summed E-state index contributed by atoms with van der Waals surface area (Å²) in [6.45, 7) is 2.89. The molecule has 0 aliphatic carbocycles. The Morgan fingerprint density at radius 1 is 1.26 bits per heavy atom. The fraction of sp³-hybridized carbons (Fsp3) is 0.467. The zero-order chi connectivity index (χ0) is 20.1. The zero-order valence-corrected chi connectivity index (χ0v) is 14.0. The van der Waals surface area contributed by atoms with Crippen LogP contribution in [0.2, 0.25) is 0 Å². The van der Waals surface area contributed by atoms with Gasteiger partial charge in [-0.15, -0.1) is 6.58 Å². The number of rotatable bonds is 8. The number of nitrogens with one attached hydrogen (secondary N) is 1. The summed E-state index contributed by atoms with van der Waals surface area (Å²) in [5.74, 6) is 0. The second-order valence-corrected chi connectivity index (χ2v) is 5.71. The Morgan fingerprint density at radius 2 is 1.96 bits per heavy atom. The van der Waals surface area contributed by atoms with Gasteiger partial charge in [-0.05, 0) is 6.07 Å². The monoisotopic (exact) mass is 385 g/mol. The normalized spacial score (nSPS) is 27.7. The van der Waals surface area contributed by atoms with Crippen molar-refractivity contribution in [3.05, 3.63) is 51.1 Å². The van der Waals surface area contributed by atoms with Crippen LogP contribution in [0.3, 0.4) is 0 Å². The van der Waals surface area contributed by atoms with Gasteiger partial charge in [0.15, 0.2) is 6.29 Å². The molecule has 1 fully saturated rings. The van der Waals surface area contributed by atoms with Gasteiger partial charge in [-0.3, -0.25) is 20.2 Å². The van der Waals surface area contributed by atoms with Crippen LogP contribution < -0.4 is 5.32 Å². The van der Waals surface area contributed by atoms with Crippen LogP contribution in [0.25, 0.3) is 0 Å². The molecule has 12 nitrogen and oxygen atoms in total. The maximum Gasteiger partial charge on any atom is 0.299 e. The highest BCUT2D eigenvalue weighted by molar-refractivity contribution is 5.65. The molecule has 1 heterocycles. The van der Waals surface area contributed by atoms with Gasteiger partial charge in [0.25, 0.3) is 11.4 Å². The van der Waals surface area contributed by atoms with Crippen LogP contribution in [-0.4, -0.2) is 69.0 Å². The molecule has 0 saturated carbocycles. The molecule has 148 valence electrons. The maximum atomic E-state index is 11.3. The fourth-order valence-corrected chi connectivity index (χ4v) is 2.63. The average molecular weight is 385 g/mol. The van der Waals surface area contributed by atoms with Crippen molar-refractivity contribution in [1.82, 2.24) is 0 Å². The molecule has 0 bridgehead atoms. The third kappa shape index (κ3) is 4.56. The summed E-state index contributed by atoms with van der Waals surface area (Å²) < 4.78 is 10.8. The van der Waals surface area contributed by atoms with Crippen molar-refractivity contribution in [3.63, 3.8) is 0 Å². The Bertz CT molecular complexity index is 714. The van der Waals surface area contributed by atoms with Crippen molar-refractivity contribution < 1.29 is 34.6 Å². The van der Waals surface area contributed by atoms with Crippen molar-refractivity contribution in [2.45, 2.75) is 30.6 Å². The first-order valence-corrected chi connectivity index (χ1v) is 7.84. The summed E-state index contributed by atoms with van der Waals surface area (Å²) >= 11 is 0. The third-order valence-electron chi connectivity index (χ3n) is 3.97. The minimum Gasteiger partial charge on any atom is -0.394 e. The molecule has 1 aliphatic heterocycles. The van der Waals surface area contributed by atoms with Gasteiger partial charge < -0.3 is 30.1 Å². The minimum atomic E-state index is -1.51. The number of benzene rings is 1. The van der Waals surface area contributed by atoms with Gasteiger partial charge in [-0.1, -0.05) is 6.08 Å². The first kappa shape index (κ1) is 20.7. The fourth-order valence-electron chi connectivity index (χ4n) is 2.63. The topological polar surface area (TPSA) is 177 Å². The standard InChI is InChI=1S/C15H19N3O9/c1-2-5-26-15-12(14(21)13(20)11(7-19)27-15)16-9-4-3-8(17(22)23)6-10(9)18(24)25/h2-4,6,11-16,19-21H,1,5,7H2/t11-,12-,13-,14-,15-/m1/s1. The summed E-state index contributed by atoms with van der Waals surface area (Å²) in [6, 6.07) is 1.77. The van der Waals surface area contributed by atoms with E-state index in [2.05, 4.69) is 11.9 Å². The first-order chi connectivity index (χ1) is 12.8. The van der Waals surface area contributed by atoms with E-state index in [1.165, 1.54) is 6.08 Å². The molecule has 2 rings (SSSR count). The van der Waals surface area contributed by atoms with Gasteiger partial charge in [-0.25, -0.2) is 0 Å². The van der Waals surface area contributed by atoms with Crippen LogP contribution in [0, 0.1) is 20.2 Å². The average Bonchev–Trinajstić information content (AvgIpc) is 2.64. The number of hydrogen-bond donors (Lipinski definition) is 4. The molecule has 4 N–H and O–H groups in total. The van der Waals surface area contributed by atoms with E-state index in [0.29, 0.717) is 0 Å². The summed E-state index contributed by atoms with van der Waals surface area (Å²) in [4.78, 5) is 20.5. The molecule has 1 aromatic carbocycles. The highest BCUT2D eigenvalue weighted by atomic mass is 16.7. The molecule has 1 saturated heterocycles. The third-order valence-corrected chi connectivity index (χ3v) is 3.97. The zero-order valence-electron chi connectivity index (χ0n) is 14.0. The number of nitro benzene ring substituents is 2. The second-order valence-electron chi connectivity index (χ2n) is 5.71. The number of hydrogen-bond acceptors (Lipinski definition) is 10. The second kappa shape index (κ2) is 8.83. The van der Waals surface area contributed by atoms with E-state index in [4.69, 9.17) is 9.47 Å². The number of aliphatic hydroxyl groups excluding tert-OH is 3. The molecule has 0 unspecified atom stereocenters. The number of non-ortho nitro benzene ring substituents is 1. The number of nitrogens with zero attached hydrogens (tertiary/aromatic N) is 2. The van der Waals surface area contributed by atoms with E-state index in [0.717, 1.165) is 18.2 Å². The van der Waals surface area contributed by atoms with Crippen LogP contribution in [-0.2, 0) is 9.47 Å². The predicted octanol–water partition coefficient (Wildman–Crippen LogP) is -0.0749. The molecule has 0 amide bonds. The first-order valence-electron chi connectivity index (χ1n) is 7.84. The molecular weight excluding hydrogens is 366 g/mol. The van der Waals surface area contributed by atoms with E-state index in [-0.39, 0.29) is 12.3 Å². The number of aliphatic hydroxyl groups is 3. The molecule has 0 spiro atoms. The Kier molecular flexibility index (Phi) is 6.76. The van der Waals surface area contributed by atoms with Crippen LogP contribution >= 0.6 is 0 Å². The Morgan fingerprint density at radius 3 is 2.52 bits per heavy atom. The molecule has 27 heavy (non-hydrogen) atoms. The van der Waals surface area contributed by atoms with Crippen LogP contribution in [0.5, 0.6) is 0 Å². The Hall–Kier alpha value is -2.64.